The van der Waals surface area contributed by atoms with E-state index in [1.54, 1.807) is 49.1 Å². The summed E-state index contributed by atoms with van der Waals surface area (Å²) in [5, 5.41) is 8.24. The Morgan fingerprint density at radius 1 is 0.895 bits per heavy atom. The van der Waals surface area contributed by atoms with Gasteiger partial charge in [0.05, 0.1) is 57.3 Å². The van der Waals surface area contributed by atoms with E-state index >= 15 is 0 Å². The van der Waals surface area contributed by atoms with Crippen molar-refractivity contribution >= 4 is 35.3 Å². The van der Waals surface area contributed by atoms with E-state index in [-0.39, 0.29) is 75.1 Å². The third-order valence-electron chi connectivity index (χ3n) is 10.2. The van der Waals surface area contributed by atoms with Gasteiger partial charge in [-0.15, -0.1) is 0 Å². The molecule has 17 heteroatoms. The highest BCUT2D eigenvalue weighted by molar-refractivity contribution is 6.25. The van der Waals surface area contributed by atoms with Gasteiger partial charge < -0.3 is 43.9 Å². The van der Waals surface area contributed by atoms with E-state index in [0.717, 1.165) is 27.2 Å². The number of pyridine rings is 1. The first-order valence-corrected chi connectivity index (χ1v) is 18.8. The van der Waals surface area contributed by atoms with Crippen LogP contribution in [0.25, 0.3) is 11.1 Å². The number of piperidine rings is 1. The van der Waals surface area contributed by atoms with Gasteiger partial charge in [0.2, 0.25) is 11.8 Å². The number of urea groups is 1. The second-order valence-electron chi connectivity index (χ2n) is 14.2. The van der Waals surface area contributed by atoms with Crippen molar-refractivity contribution in [2.45, 2.75) is 38.4 Å². The van der Waals surface area contributed by atoms with Gasteiger partial charge in [0, 0.05) is 69.2 Å². The molecule has 3 aliphatic rings. The minimum atomic E-state index is -1.04. The number of methoxy groups -OCH3 is 2. The SMILES string of the molecule is COc1cc(-c2cn(C)c(=O)c3c2CN(C(=O)NCCOCCOCCNc2cccc4c2C(=O)N(C2CCC(=O)NC2=O)C4=O)CC3)cc(OC)c1CN(C)C. The molecule has 3 N–H and O–H groups in total. The molecule has 304 valence electrons. The van der Waals surface area contributed by atoms with Gasteiger partial charge in [0.25, 0.3) is 17.4 Å². The summed E-state index contributed by atoms with van der Waals surface area (Å²) < 4.78 is 24.4. The molecule has 6 rings (SSSR count). The maximum Gasteiger partial charge on any atom is 0.317 e. The molecule has 3 aliphatic heterocycles. The highest BCUT2D eigenvalue weighted by Crippen LogP contribution is 2.38. The summed E-state index contributed by atoms with van der Waals surface area (Å²) in [6.45, 7) is 2.99. The number of imide groups is 2. The summed E-state index contributed by atoms with van der Waals surface area (Å²) in [5.41, 5.74) is 4.76. The van der Waals surface area contributed by atoms with Gasteiger partial charge in [-0.1, -0.05) is 6.07 Å². The Morgan fingerprint density at radius 2 is 1.60 bits per heavy atom. The molecule has 1 aromatic heterocycles. The number of hydrogen-bond donors (Lipinski definition) is 3. The number of nitrogens with one attached hydrogen (secondary N) is 3. The third kappa shape index (κ3) is 8.80. The fraction of sp³-hybridized carbons (Fsp3) is 0.450. The van der Waals surface area contributed by atoms with Crippen LogP contribution in [0.2, 0.25) is 0 Å². The van der Waals surface area contributed by atoms with Gasteiger partial charge in [-0.25, -0.2) is 4.79 Å². The number of amides is 6. The highest BCUT2D eigenvalue weighted by Gasteiger charge is 2.45. The van der Waals surface area contributed by atoms with Crippen LogP contribution in [0, 0.1) is 0 Å². The van der Waals surface area contributed by atoms with Crippen molar-refractivity contribution < 1.29 is 42.9 Å². The van der Waals surface area contributed by atoms with Gasteiger partial charge in [-0.05, 0) is 62.3 Å². The van der Waals surface area contributed by atoms with Crippen LogP contribution in [0.5, 0.6) is 11.5 Å². The lowest BCUT2D eigenvalue weighted by atomic mass is 9.92. The number of rotatable bonds is 16. The summed E-state index contributed by atoms with van der Waals surface area (Å²) in [6.07, 6.45) is 2.34. The quantitative estimate of drug-likeness (QED) is 0.141. The van der Waals surface area contributed by atoms with Crippen LogP contribution < -0.4 is 31.0 Å². The van der Waals surface area contributed by atoms with E-state index in [9.17, 15) is 28.8 Å². The van der Waals surface area contributed by atoms with Crippen molar-refractivity contribution in [1.29, 1.82) is 0 Å². The standard InChI is InChI=1S/C40H49N7O10/c1-44(2)21-29-32(54-4)19-24(20-33(29)55-5)27-22-45(3)37(50)25-11-14-46(23-28(25)27)40(53)42-13-16-57-18-17-56-15-12-41-30-8-6-7-26-35(30)39(52)47(38(26)51)31-9-10-34(48)43-36(31)49/h6-8,19-20,22,31,41H,9-18,21,23H2,1-5H3,(H,42,53)(H,43,48,49). The van der Waals surface area contributed by atoms with Gasteiger partial charge in [-0.2, -0.15) is 0 Å². The third-order valence-corrected chi connectivity index (χ3v) is 10.2. The summed E-state index contributed by atoms with van der Waals surface area (Å²) in [5.74, 6) is -0.910. The van der Waals surface area contributed by atoms with Crippen molar-refractivity contribution in [1.82, 2.24) is 29.9 Å². The number of aromatic nitrogens is 1. The summed E-state index contributed by atoms with van der Waals surface area (Å²) >= 11 is 0. The van der Waals surface area contributed by atoms with Crippen molar-refractivity contribution in [2.24, 2.45) is 7.05 Å². The van der Waals surface area contributed by atoms with E-state index in [1.165, 1.54) is 6.07 Å². The number of hydrogen-bond acceptors (Lipinski definition) is 12. The molecular formula is C40H49N7O10. The molecule has 17 nitrogen and oxygen atoms in total. The van der Waals surface area contributed by atoms with Crippen LogP contribution in [-0.2, 0) is 45.6 Å². The van der Waals surface area contributed by atoms with Crippen LogP contribution in [0.3, 0.4) is 0 Å². The monoisotopic (exact) mass is 787 g/mol. The second kappa shape index (κ2) is 18.0. The van der Waals surface area contributed by atoms with Gasteiger partial charge in [0.1, 0.15) is 17.5 Å². The normalized spacial score (nSPS) is 16.4. The van der Waals surface area contributed by atoms with Crippen LogP contribution >= 0.6 is 0 Å². The maximum atomic E-state index is 13.3. The first-order chi connectivity index (χ1) is 27.4. The van der Waals surface area contributed by atoms with Crippen LogP contribution in [0.15, 0.2) is 41.3 Å². The summed E-state index contributed by atoms with van der Waals surface area (Å²) in [4.78, 5) is 81.3. The molecule has 0 bridgehead atoms. The number of carbonyl (C=O) groups is 5. The summed E-state index contributed by atoms with van der Waals surface area (Å²) in [6, 6.07) is 7.46. The molecule has 3 aromatic rings. The highest BCUT2D eigenvalue weighted by atomic mass is 16.5. The van der Waals surface area contributed by atoms with Gasteiger partial charge in [0.15, 0.2) is 0 Å². The Morgan fingerprint density at radius 3 is 2.26 bits per heavy atom. The second-order valence-corrected chi connectivity index (χ2v) is 14.2. The molecule has 0 spiro atoms. The first kappa shape index (κ1) is 40.9. The molecule has 57 heavy (non-hydrogen) atoms. The molecule has 0 saturated carbocycles. The number of carbonyl (C=O) groups excluding carboxylic acids is 5. The molecule has 1 saturated heterocycles. The number of nitrogens with zero attached hydrogens (tertiary/aromatic N) is 4. The molecule has 2 aromatic carbocycles. The number of aryl methyl sites for hydroxylation is 1. The number of ether oxygens (including phenoxy) is 4. The predicted molar refractivity (Wildman–Crippen MR) is 208 cm³/mol. The average Bonchev–Trinajstić information content (AvgIpc) is 3.45. The molecule has 4 heterocycles. The predicted octanol–water partition coefficient (Wildman–Crippen LogP) is 1.75. The Labute approximate surface area is 330 Å². The fourth-order valence-corrected chi connectivity index (χ4v) is 7.41. The Kier molecular flexibility index (Phi) is 12.9. The zero-order chi connectivity index (χ0) is 40.8. The van der Waals surface area contributed by atoms with Crippen molar-refractivity contribution in [3.63, 3.8) is 0 Å². The van der Waals surface area contributed by atoms with Crippen LogP contribution in [0.4, 0.5) is 10.5 Å². The Hall–Kier alpha value is -5.78. The minimum absolute atomic E-state index is 0.0471. The first-order valence-electron chi connectivity index (χ1n) is 18.8. The number of benzene rings is 2. The molecule has 6 amide bonds. The van der Waals surface area contributed by atoms with Crippen molar-refractivity contribution in [2.75, 3.05) is 79.7 Å². The molecular weight excluding hydrogens is 738 g/mol. The molecule has 1 atom stereocenters. The number of fused-ring (bicyclic) bond motifs is 2. The average molecular weight is 788 g/mol. The Balaban J connectivity index is 0.946. The van der Waals surface area contributed by atoms with E-state index < -0.39 is 29.7 Å². The zero-order valence-electron chi connectivity index (χ0n) is 32.9. The summed E-state index contributed by atoms with van der Waals surface area (Å²) in [7, 11) is 8.90. The lowest BCUT2D eigenvalue weighted by Crippen LogP contribution is -2.54. The topological polar surface area (TPSA) is 190 Å². The smallest absolute Gasteiger partial charge is 0.317 e. The molecule has 0 radical (unpaired) electrons. The molecule has 0 aliphatic carbocycles. The zero-order valence-corrected chi connectivity index (χ0v) is 32.9. The molecule has 1 unspecified atom stereocenters. The lowest BCUT2D eigenvalue weighted by molar-refractivity contribution is -0.136. The van der Waals surface area contributed by atoms with Crippen LogP contribution in [0.1, 0.15) is 50.2 Å². The largest absolute Gasteiger partial charge is 0.496 e. The van der Waals surface area contributed by atoms with Gasteiger partial charge >= 0.3 is 6.03 Å². The van der Waals surface area contributed by atoms with Crippen molar-refractivity contribution in [3.05, 3.63) is 74.7 Å². The Bertz CT molecular complexity index is 2090. The van der Waals surface area contributed by atoms with E-state index in [2.05, 4.69) is 16.0 Å². The van der Waals surface area contributed by atoms with E-state index in [0.29, 0.717) is 48.8 Å². The lowest BCUT2D eigenvalue weighted by Gasteiger charge is -2.31. The van der Waals surface area contributed by atoms with E-state index in [1.807, 2.05) is 31.1 Å². The van der Waals surface area contributed by atoms with E-state index in [4.69, 9.17) is 18.9 Å². The van der Waals surface area contributed by atoms with Crippen LogP contribution in [-0.4, -0.2) is 129 Å². The fourth-order valence-electron chi connectivity index (χ4n) is 7.41. The van der Waals surface area contributed by atoms with Gasteiger partial charge in [-0.3, -0.25) is 34.2 Å². The van der Waals surface area contributed by atoms with Crippen molar-refractivity contribution in [3.8, 4) is 22.6 Å². The maximum absolute atomic E-state index is 13.3. The molecule has 1 fully saturated rings. The number of anilines is 1. The minimum Gasteiger partial charge on any atom is -0.496 e.